The third kappa shape index (κ3) is 5.76. The summed E-state index contributed by atoms with van der Waals surface area (Å²) in [7, 11) is 0. The van der Waals surface area contributed by atoms with E-state index in [-0.39, 0.29) is 11.8 Å². The summed E-state index contributed by atoms with van der Waals surface area (Å²) in [5.74, 6) is 0.784. The molecule has 0 aliphatic rings. The molecule has 0 atom stereocenters. The number of amides is 2. The van der Waals surface area contributed by atoms with Crippen LogP contribution in [-0.2, 0) is 9.59 Å². The van der Waals surface area contributed by atoms with Crippen LogP contribution in [0, 0.1) is 6.92 Å². The summed E-state index contributed by atoms with van der Waals surface area (Å²) in [4.78, 5) is 30.8. The van der Waals surface area contributed by atoms with Crippen LogP contribution in [0.1, 0.15) is 18.2 Å². The van der Waals surface area contributed by atoms with Crippen LogP contribution in [0.5, 0.6) is 11.5 Å². The summed E-state index contributed by atoms with van der Waals surface area (Å²) < 4.78 is 5.96. The van der Waals surface area contributed by atoms with Crippen LogP contribution in [-0.4, -0.2) is 16.8 Å². The molecule has 7 heteroatoms. The highest BCUT2D eigenvalue weighted by Crippen LogP contribution is 2.30. The number of nitrogens with one attached hydrogen (secondary N) is 1. The van der Waals surface area contributed by atoms with Crippen molar-refractivity contribution in [2.75, 3.05) is 10.2 Å². The minimum atomic E-state index is -0.318. The summed E-state index contributed by atoms with van der Waals surface area (Å²) in [6.45, 7) is 3.48. The van der Waals surface area contributed by atoms with E-state index in [1.54, 1.807) is 28.5 Å². The summed E-state index contributed by atoms with van der Waals surface area (Å²) in [6, 6.07) is 24.3. The smallest absolute Gasteiger partial charge is 0.248 e. The van der Waals surface area contributed by atoms with Crippen LogP contribution < -0.4 is 15.0 Å². The Morgan fingerprint density at radius 2 is 1.76 bits per heavy atom. The monoisotopic (exact) mass is 469 g/mol. The van der Waals surface area contributed by atoms with Gasteiger partial charge >= 0.3 is 0 Å². The molecule has 6 nitrogen and oxygen atoms in total. The highest BCUT2D eigenvalue weighted by atomic mass is 32.1. The zero-order valence-electron chi connectivity index (χ0n) is 18.8. The number of carbonyl (C=O) groups excluding carboxylic acids is 2. The first-order valence-corrected chi connectivity index (χ1v) is 11.5. The molecule has 4 rings (SSSR count). The van der Waals surface area contributed by atoms with Gasteiger partial charge in [-0.1, -0.05) is 42.5 Å². The van der Waals surface area contributed by atoms with Crippen LogP contribution in [0.15, 0.2) is 90.3 Å². The number of ether oxygens (including phenoxy) is 1. The normalized spacial score (nSPS) is 10.8. The molecule has 0 bridgehead atoms. The van der Waals surface area contributed by atoms with Crippen LogP contribution in [0.25, 0.3) is 6.08 Å². The van der Waals surface area contributed by atoms with Crippen LogP contribution in [0.2, 0.25) is 0 Å². The predicted molar refractivity (Wildman–Crippen MR) is 137 cm³/mol. The van der Waals surface area contributed by atoms with Crippen LogP contribution in [0.3, 0.4) is 0 Å². The quantitative estimate of drug-likeness (QED) is 0.310. The number of para-hydroxylation sites is 3. The number of benzene rings is 3. The largest absolute Gasteiger partial charge is 0.455 e. The van der Waals surface area contributed by atoms with Gasteiger partial charge in [-0.3, -0.25) is 14.5 Å². The topological polar surface area (TPSA) is 71.5 Å². The van der Waals surface area contributed by atoms with E-state index in [0.717, 1.165) is 11.3 Å². The molecular formula is C27H23N3O3S. The summed E-state index contributed by atoms with van der Waals surface area (Å²) in [5.41, 5.74) is 2.97. The number of thiazole rings is 1. The Labute approximate surface area is 202 Å². The molecule has 0 saturated carbocycles. The predicted octanol–water partition coefficient (Wildman–Crippen LogP) is 6.58. The maximum atomic E-state index is 12.6. The minimum Gasteiger partial charge on any atom is -0.455 e. The number of aromatic nitrogens is 1. The van der Waals surface area contributed by atoms with Crippen molar-refractivity contribution in [3.05, 3.63) is 102 Å². The number of carbonyl (C=O) groups is 2. The molecule has 1 N–H and O–H groups in total. The first-order chi connectivity index (χ1) is 16.5. The Morgan fingerprint density at radius 3 is 2.53 bits per heavy atom. The van der Waals surface area contributed by atoms with Gasteiger partial charge in [0.2, 0.25) is 11.8 Å². The van der Waals surface area contributed by atoms with Crippen molar-refractivity contribution in [1.82, 2.24) is 4.98 Å². The number of rotatable bonds is 7. The van der Waals surface area contributed by atoms with Crippen LogP contribution in [0.4, 0.5) is 16.5 Å². The average molecular weight is 470 g/mol. The van der Waals surface area contributed by atoms with Crippen molar-refractivity contribution >= 4 is 45.7 Å². The molecule has 0 radical (unpaired) electrons. The molecule has 2 amide bonds. The van der Waals surface area contributed by atoms with E-state index in [4.69, 9.17) is 4.74 Å². The molecule has 34 heavy (non-hydrogen) atoms. The molecule has 0 spiro atoms. The molecular weight excluding hydrogens is 446 g/mol. The van der Waals surface area contributed by atoms with Gasteiger partial charge in [-0.25, -0.2) is 4.98 Å². The number of hydrogen-bond acceptors (Lipinski definition) is 5. The van der Waals surface area contributed by atoms with Crippen molar-refractivity contribution < 1.29 is 14.3 Å². The maximum Gasteiger partial charge on any atom is 0.248 e. The first kappa shape index (κ1) is 22.9. The van der Waals surface area contributed by atoms with E-state index in [1.807, 2.05) is 73.7 Å². The lowest BCUT2D eigenvalue weighted by Crippen LogP contribution is -2.22. The van der Waals surface area contributed by atoms with Crippen LogP contribution >= 0.6 is 11.3 Å². The van der Waals surface area contributed by atoms with Gasteiger partial charge in [0.25, 0.3) is 0 Å². The van der Waals surface area contributed by atoms with Crippen molar-refractivity contribution in [2.24, 2.45) is 0 Å². The van der Waals surface area contributed by atoms with E-state index in [0.29, 0.717) is 28.0 Å². The van der Waals surface area contributed by atoms with Gasteiger partial charge in [-0.05, 0) is 55.0 Å². The average Bonchev–Trinajstić information content (AvgIpc) is 3.28. The highest BCUT2D eigenvalue weighted by molar-refractivity contribution is 7.14. The van der Waals surface area contributed by atoms with Crippen molar-refractivity contribution in [3.63, 3.8) is 0 Å². The molecule has 1 heterocycles. The second-order valence-electron chi connectivity index (χ2n) is 7.48. The molecule has 0 unspecified atom stereocenters. The Hall–Kier alpha value is -4.23. The third-order valence-electron chi connectivity index (χ3n) is 4.80. The molecule has 4 aromatic rings. The Morgan fingerprint density at radius 1 is 1.00 bits per heavy atom. The SMILES string of the molecule is CC(=O)N(c1ccccc1)c1nc(/C=C/C(=O)Nc2ccccc2Oc2cccc(C)c2)cs1. The number of aryl methyl sites for hydroxylation is 1. The number of hydrogen-bond donors (Lipinski definition) is 1. The lowest BCUT2D eigenvalue weighted by atomic mass is 10.2. The van der Waals surface area contributed by atoms with Crippen molar-refractivity contribution in [1.29, 1.82) is 0 Å². The van der Waals surface area contributed by atoms with Gasteiger partial charge < -0.3 is 10.1 Å². The van der Waals surface area contributed by atoms with Gasteiger partial charge in [0.05, 0.1) is 17.1 Å². The lowest BCUT2D eigenvalue weighted by molar-refractivity contribution is -0.116. The Kier molecular flexibility index (Phi) is 7.15. The molecule has 0 aliphatic heterocycles. The van der Waals surface area contributed by atoms with Gasteiger partial charge in [0, 0.05) is 18.4 Å². The third-order valence-corrected chi connectivity index (χ3v) is 5.64. The Bertz CT molecular complexity index is 1330. The standard InChI is InChI=1S/C27H23N3O3S/c1-19-9-8-12-23(17-19)33-25-14-7-6-13-24(25)29-26(32)16-15-21-18-34-27(28-21)30(20(2)31)22-10-4-3-5-11-22/h3-18H,1-2H3,(H,29,32)/b16-15+. The molecule has 3 aromatic carbocycles. The second-order valence-corrected chi connectivity index (χ2v) is 8.32. The van der Waals surface area contributed by atoms with Crippen molar-refractivity contribution in [3.8, 4) is 11.5 Å². The summed E-state index contributed by atoms with van der Waals surface area (Å²) >= 11 is 1.33. The maximum absolute atomic E-state index is 12.6. The molecule has 0 fully saturated rings. The van der Waals surface area contributed by atoms with Gasteiger partial charge in [0.1, 0.15) is 5.75 Å². The van der Waals surface area contributed by atoms with E-state index in [9.17, 15) is 9.59 Å². The van der Waals surface area contributed by atoms with E-state index < -0.39 is 0 Å². The molecule has 0 aliphatic carbocycles. The van der Waals surface area contributed by atoms with E-state index in [2.05, 4.69) is 10.3 Å². The summed E-state index contributed by atoms with van der Waals surface area (Å²) in [6.07, 6.45) is 3.02. The molecule has 1 aromatic heterocycles. The molecule has 170 valence electrons. The van der Waals surface area contributed by atoms with E-state index >= 15 is 0 Å². The van der Waals surface area contributed by atoms with Gasteiger partial charge in [0.15, 0.2) is 10.9 Å². The zero-order chi connectivity index (χ0) is 23.9. The van der Waals surface area contributed by atoms with E-state index in [1.165, 1.54) is 24.3 Å². The summed E-state index contributed by atoms with van der Waals surface area (Å²) in [5, 5.41) is 5.19. The number of anilines is 3. The fraction of sp³-hybridized carbons (Fsp3) is 0.0741. The zero-order valence-corrected chi connectivity index (χ0v) is 19.6. The fourth-order valence-electron chi connectivity index (χ4n) is 3.26. The van der Waals surface area contributed by atoms with Gasteiger partial charge in [-0.15, -0.1) is 11.3 Å². The first-order valence-electron chi connectivity index (χ1n) is 10.6. The lowest BCUT2D eigenvalue weighted by Gasteiger charge is -2.17. The Balaban J connectivity index is 1.45. The number of nitrogens with zero attached hydrogens (tertiary/aromatic N) is 2. The minimum absolute atomic E-state index is 0.140. The van der Waals surface area contributed by atoms with Gasteiger partial charge in [-0.2, -0.15) is 0 Å². The molecule has 0 saturated heterocycles. The second kappa shape index (κ2) is 10.6. The van der Waals surface area contributed by atoms with Crippen molar-refractivity contribution in [2.45, 2.75) is 13.8 Å². The fourth-order valence-corrected chi connectivity index (χ4v) is 4.11. The highest BCUT2D eigenvalue weighted by Gasteiger charge is 2.17.